The summed E-state index contributed by atoms with van der Waals surface area (Å²) in [7, 11) is 0. The van der Waals surface area contributed by atoms with Gasteiger partial charge in [-0.25, -0.2) is 0 Å². The number of benzene rings is 1. The van der Waals surface area contributed by atoms with E-state index in [1.54, 1.807) is 11.8 Å². The lowest BCUT2D eigenvalue weighted by molar-refractivity contribution is -0.134. The van der Waals surface area contributed by atoms with Crippen LogP contribution >= 0.6 is 0 Å². The standard InChI is InChI=1S/C17H24N2O2/c1-10(2)13-8-6-7-9-14(13)19-15(11(3)4)16(20)18-12(5)17(19)21/h6-12,15H,1-5H3,(H,18,20). The molecule has 1 aliphatic heterocycles. The van der Waals surface area contributed by atoms with E-state index in [9.17, 15) is 9.59 Å². The predicted octanol–water partition coefficient (Wildman–Crippen LogP) is 2.69. The molecule has 1 saturated heterocycles. The molecule has 4 nitrogen and oxygen atoms in total. The SMILES string of the molecule is CC1NC(=O)C(C(C)C)N(c2ccccc2C(C)C)C1=O. The summed E-state index contributed by atoms with van der Waals surface area (Å²) in [4.78, 5) is 26.7. The Morgan fingerprint density at radius 2 is 1.71 bits per heavy atom. The quantitative estimate of drug-likeness (QED) is 0.929. The first-order valence-corrected chi connectivity index (χ1v) is 7.57. The Morgan fingerprint density at radius 1 is 1.10 bits per heavy atom. The van der Waals surface area contributed by atoms with Crippen LogP contribution in [0.15, 0.2) is 24.3 Å². The van der Waals surface area contributed by atoms with Gasteiger partial charge in [0.05, 0.1) is 0 Å². The number of carbonyl (C=O) groups excluding carboxylic acids is 2. The molecule has 0 spiro atoms. The van der Waals surface area contributed by atoms with E-state index >= 15 is 0 Å². The highest BCUT2D eigenvalue weighted by atomic mass is 16.2. The van der Waals surface area contributed by atoms with Crippen molar-refractivity contribution in [3.05, 3.63) is 29.8 Å². The lowest BCUT2D eigenvalue weighted by Gasteiger charge is -2.41. The molecule has 1 aromatic rings. The van der Waals surface area contributed by atoms with Crippen LogP contribution in [0.25, 0.3) is 0 Å². The fourth-order valence-electron chi connectivity index (χ4n) is 2.89. The van der Waals surface area contributed by atoms with E-state index in [0.29, 0.717) is 5.92 Å². The average Bonchev–Trinajstić information content (AvgIpc) is 2.42. The summed E-state index contributed by atoms with van der Waals surface area (Å²) in [6.07, 6.45) is 0. The number of piperazine rings is 1. The van der Waals surface area contributed by atoms with Gasteiger partial charge >= 0.3 is 0 Å². The summed E-state index contributed by atoms with van der Waals surface area (Å²) >= 11 is 0. The first-order chi connectivity index (χ1) is 9.84. The van der Waals surface area contributed by atoms with Gasteiger partial charge in [-0.1, -0.05) is 45.9 Å². The highest BCUT2D eigenvalue weighted by Crippen LogP contribution is 2.32. The van der Waals surface area contributed by atoms with Gasteiger partial charge in [0, 0.05) is 5.69 Å². The zero-order valence-electron chi connectivity index (χ0n) is 13.4. The number of hydrogen-bond donors (Lipinski definition) is 1. The monoisotopic (exact) mass is 288 g/mol. The second kappa shape index (κ2) is 5.88. The number of anilines is 1. The number of amides is 2. The number of rotatable bonds is 3. The molecule has 0 saturated carbocycles. The van der Waals surface area contributed by atoms with E-state index in [4.69, 9.17) is 0 Å². The lowest BCUT2D eigenvalue weighted by Crippen LogP contribution is -2.64. The van der Waals surface area contributed by atoms with Gasteiger partial charge in [-0.05, 0) is 30.4 Å². The van der Waals surface area contributed by atoms with Crippen molar-refractivity contribution in [2.75, 3.05) is 4.90 Å². The van der Waals surface area contributed by atoms with Crippen molar-refractivity contribution in [1.29, 1.82) is 0 Å². The van der Waals surface area contributed by atoms with Crippen molar-refractivity contribution in [1.82, 2.24) is 5.32 Å². The zero-order chi connectivity index (χ0) is 15.7. The van der Waals surface area contributed by atoms with Gasteiger partial charge < -0.3 is 5.32 Å². The molecule has 1 fully saturated rings. The van der Waals surface area contributed by atoms with Crippen molar-refractivity contribution in [2.24, 2.45) is 5.92 Å². The van der Waals surface area contributed by atoms with Gasteiger partial charge in [-0.3, -0.25) is 14.5 Å². The van der Waals surface area contributed by atoms with Gasteiger partial charge in [-0.15, -0.1) is 0 Å². The predicted molar refractivity (Wildman–Crippen MR) is 84.2 cm³/mol. The largest absolute Gasteiger partial charge is 0.343 e. The second-order valence-corrected chi connectivity index (χ2v) is 6.34. The minimum absolute atomic E-state index is 0.0404. The molecule has 0 bridgehead atoms. The molecule has 114 valence electrons. The zero-order valence-corrected chi connectivity index (χ0v) is 13.4. The van der Waals surface area contributed by atoms with Crippen LogP contribution in [0.1, 0.15) is 46.1 Å². The van der Waals surface area contributed by atoms with Crippen LogP contribution in [0, 0.1) is 5.92 Å². The molecule has 4 heteroatoms. The van der Waals surface area contributed by atoms with Crippen LogP contribution in [-0.4, -0.2) is 23.9 Å². The Morgan fingerprint density at radius 3 is 2.29 bits per heavy atom. The minimum Gasteiger partial charge on any atom is -0.343 e. The van der Waals surface area contributed by atoms with Crippen molar-refractivity contribution < 1.29 is 9.59 Å². The van der Waals surface area contributed by atoms with E-state index in [1.807, 2.05) is 38.1 Å². The number of para-hydroxylation sites is 1. The van der Waals surface area contributed by atoms with Gasteiger partial charge in [-0.2, -0.15) is 0 Å². The third-order valence-corrected chi connectivity index (χ3v) is 3.96. The topological polar surface area (TPSA) is 49.4 Å². The average molecular weight is 288 g/mol. The molecule has 1 aliphatic rings. The number of nitrogens with zero attached hydrogens (tertiary/aromatic N) is 1. The van der Waals surface area contributed by atoms with Gasteiger partial charge in [0.2, 0.25) is 11.8 Å². The maximum absolute atomic E-state index is 12.7. The van der Waals surface area contributed by atoms with E-state index < -0.39 is 12.1 Å². The number of hydrogen-bond acceptors (Lipinski definition) is 2. The molecule has 0 radical (unpaired) electrons. The van der Waals surface area contributed by atoms with Crippen molar-refractivity contribution >= 4 is 17.5 Å². The van der Waals surface area contributed by atoms with E-state index in [-0.39, 0.29) is 17.7 Å². The van der Waals surface area contributed by atoms with Crippen LogP contribution < -0.4 is 10.2 Å². The summed E-state index contributed by atoms with van der Waals surface area (Å²) in [5, 5.41) is 2.78. The normalized spacial score (nSPS) is 22.9. The first kappa shape index (κ1) is 15.5. The maximum atomic E-state index is 12.7. The fraction of sp³-hybridized carbons (Fsp3) is 0.529. The highest BCUT2D eigenvalue weighted by Gasteiger charge is 2.41. The van der Waals surface area contributed by atoms with Crippen molar-refractivity contribution in [3.8, 4) is 0 Å². The van der Waals surface area contributed by atoms with Crippen LogP contribution in [-0.2, 0) is 9.59 Å². The summed E-state index contributed by atoms with van der Waals surface area (Å²) in [6.45, 7) is 9.88. The first-order valence-electron chi connectivity index (χ1n) is 7.57. The van der Waals surface area contributed by atoms with Gasteiger partial charge in [0.1, 0.15) is 12.1 Å². The Balaban J connectivity index is 2.56. The highest BCUT2D eigenvalue weighted by molar-refractivity contribution is 6.08. The molecule has 2 amide bonds. The molecule has 1 heterocycles. The molecule has 2 rings (SSSR count). The fourth-order valence-corrected chi connectivity index (χ4v) is 2.89. The smallest absolute Gasteiger partial charge is 0.250 e. The molecule has 1 N–H and O–H groups in total. The van der Waals surface area contributed by atoms with E-state index in [2.05, 4.69) is 19.2 Å². The Hall–Kier alpha value is -1.84. The Bertz CT molecular complexity index is 551. The van der Waals surface area contributed by atoms with Crippen LogP contribution in [0.5, 0.6) is 0 Å². The van der Waals surface area contributed by atoms with Crippen LogP contribution in [0.2, 0.25) is 0 Å². The third-order valence-electron chi connectivity index (χ3n) is 3.96. The van der Waals surface area contributed by atoms with E-state index in [0.717, 1.165) is 11.3 Å². The summed E-state index contributed by atoms with van der Waals surface area (Å²) in [6, 6.07) is 6.93. The molecule has 0 aliphatic carbocycles. The number of nitrogens with one attached hydrogen (secondary N) is 1. The Kier molecular flexibility index (Phi) is 4.35. The molecular weight excluding hydrogens is 264 g/mol. The minimum atomic E-state index is -0.479. The van der Waals surface area contributed by atoms with E-state index in [1.165, 1.54) is 0 Å². The molecule has 21 heavy (non-hydrogen) atoms. The maximum Gasteiger partial charge on any atom is 0.250 e. The molecule has 2 unspecified atom stereocenters. The lowest BCUT2D eigenvalue weighted by atomic mass is 9.93. The molecular formula is C17H24N2O2. The number of carbonyl (C=O) groups is 2. The molecule has 1 aromatic carbocycles. The van der Waals surface area contributed by atoms with Crippen LogP contribution in [0.3, 0.4) is 0 Å². The molecule has 2 atom stereocenters. The van der Waals surface area contributed by atoms with Crippen molar-refractivity contribution in [2.45, 2.75) is 52.6 Å². The summed E-state index contributed by atoms with van der Waals surface area (Å²) in [5.41, 5.74) is 1.95. The van der Waals surface area contributed by atoms with Crippen molar-refractivity contribution in [3.63, 3.8) is 0 Å². The van der Waals surface area contributed by atoms with Gasteiger partial charge in [0.15, 0.2) is 0 Å². The van der Waals surface area contributed by atoms with Gasteiger partial charge in [0.25, 0.3) is 0 Å². The second-order valence-electron chi connectivity index (χ2n) is 6.34. The molecule has 0 aromatic heterocycles. The summed E-state index contributed by atoms with van der Waals surface area (Å²) in [5.74, 6) is 0.237. The van der Waals surface area contributed by atoms with Crippen LogP contribution in [0.4, 0.5) is 5.69 Å². The Labute approximate surface area is 126 Å². The summed E-state index contributed by atoms with van der Waals surface area (Å²) < 4.78 is 0. The third kappa shape index (κ3) is 2.80.